The van der Waals surface area contributed by atoms with Gasteiger partial charge in [-0.3, -0.25) is 14.5 Å². The van der Waals surface area contributed by atoms with Crippen LogP contribution in [0.25, 0.3) is 0 Å². The minimum Gasteiger partial charge on any atom is -0.466 e. The van der Waals surface area contributed by atoms with Gasteiger partial charge in [-0.05, 0) is 123 Å². The lowest BCUT2D eigenvalue weighted by Crippen LogP contribution is -2.56. The van der Waals surface area contributed by atoms with Gasteiger partial charge in [0.1, 0.15) is 6.10 Å². The fourth-order valence-corrected chi connectivity index (χ4v) is 8.47. The number of piperidine rings is 1. The maximum Gasteiger partial charge on any atom is 0.312 e. The topological polar surface area (TPSA) is 76.1 Å². The van der Waals surface area contributed by atoms with E-state index in [0.29, 0.717) is 24.9 Å². The average molecular weight is 794 g/mol. The number of ether oxygens (including phenoxy) is 2. The third-order valence-corrected chi connectivity index (χ3v) is 13.9. The quantitative estimate of drug-likeness (QED) is 0.0527. The molecule has 6 nitrogen and oxygen atoms in total. The van der Waals surface area contributed by atoms with Crippen LogP contribution in [0, 0.1) is 22.7 Å². The predicted molar refractivity (Wildman–Crippen MR) is 241 cm³/mol. The second-order valence-electron chi connectivity index (χ2n) is 19.1. The van der Waals surface area contributed by atoms with Gasteiger partial charge in [0.2, 0.25) is 0 Å². The minimum atomic E-state index is -0.591. The number of unbranched alkanes of at least 4 members (excludes halogenated alkanes) is 15. The lowest BCUT2D eigenvalue weighted by Gasteiger charge is -2.51. The van der Waals surface area contributed by atoms with Crippen molar-refractivity contribution in [3.8, 4) is 0 Å². The van der Waals surface area contributed by atoms with Crippen molar-refractivity contribution in [3.63, 3.8) is 0 Å². The van der Waals surface area contributed by atoms with Crippen molar-refractivity contribution in [2.45, 2.75) is 268 Å². The average Bonchev–Trinajstić information content (AvgIpc) is 3.17. The first-order valence-corrected chi connectivity index (χ1v) is 24.4. The summed E-state index contributed by atoms with van der Waals surface area (Å²) in [6.45, 7) is 28.1. The van der Waals surface area contributed by atoms with Gasteiger partial charge in [-0.1, -0.05) is 151 Å². The molecule has 1 aliphatic heterocycles. The van der Waals surface area contributed by atoms with Crippen LogP contribution in [0.1, 0.15) is 250 Å². The minimum absolute atomic E-state index is 0.00171. The molecule has 1 N–H and O–H groups in total. The Morgan fingerprint density at radius 2 is 1.07 bits per heavy atom. The summed E-state index contributed by atoms with van der Waals surface area (Å²) in [7, 11) is 0. The van der Waals surface area contributed by atoms with E-state index in [1.54, 1.807) is 0 Å². The van der Waals surface area contributed by atoms with E-state index in [-0.39, 0.29) is 35.1 Å². The van der Waals surface area contributed by atoms with Crippen LogP contribution in [0.3, 0.4) is 0 Å². The Bertz CT molecular complexity index is 951. The van der Waals surface area contributed by atoms with Gasteiger partial charge in [0.15, 0.2) is 0 Å². The van der Waals surface area contributed by atoms with Crippen LogP contribution in [0.15, 0.2) is 0 Å². The predicted octanol–water partition coefficient (Wildman–Crippen LogP) is 14.4. The maximum atomic E-state index is 14.0. The number of carbonyl (C=O) groups excluding carboxylic acids is 2. The first-order chi connectivity index (χ1) is 26.6. The second-order valence-corrected chi connectivity index (χ2v) is 19.1. The number of likely N-dealkylation sites (tertiary alicyclic amines) is 1. The summed E-state index contributed by atoms with van der Waals surface area (Å²) in [5.41, 5.74) is -1.03. The van der Waals surface area contributed by atoms with Crippen LogP contribution in [-0.2, 0) is 19.1 Å². The lowest BCUT2D eigenvalue weighted by molar-refractivity contribution is -0.171. The molecule has 0 radical (unpaired) electrons. The zero-order valence-corrected chi connectivity index (χ0v) is 39.8. The highest BCUT2D eigenvalue weighted by Crippen LogP contribution is 2.49. The molecule has 0 spiro atoms. The second kappa shape index (κ2) is 31.7. The molecule has 0 aliphatic carbocycles. The van der Waals surface area contributed by atoms with E-state index < -0.39 is 5.41 Å². The van der Waals surface area contributed by atoms with Crippen molar-refractivity contribution in [1.82, 2.24) is 4.90 Å². The van der Waals surface area contributed by atoms with Gasteiger partial charge in [-0.25, -0.2) is 0 Å². The molecule has 56 heavy (non-hydrogen) atoms. The van der Waals surface area contributed by atoms with E-state index in [9.17, 15) is 14.7 Å². The maximum absolute atomic E-state index is 14.0. The monoisotopic (exact) mass is 794 g/mol. The van der Waals surface area contributed by atoms with Crippen LogP contribution in [0.2, 0.25) is 0 Å². The summed E-state index contributed by atoms with van der Waals surface area (Å²) >= 11 is 0. The van der Waals surface area contributed by atoms with Crippen LogP contribution < -0.4 is 0 Å². The Morgan fingerprint density at radius 3 is 1.57 bits per heavy atom. The fourth-order valence-electron chi connectivity index (χ4n) is 8.47. The standard InChI is InChI=1S/C48H93NO5.C2H6/c1-11-14-17-19-20-23-27-32-43(54-45(52)47(7,8)46(5,6)42-34-36-49(37-35-42)48(9,10)40(4)50)33-28-24-21-22-25-29-38-53-44(51)39-41(30-16-13-3)31-26-18-15-12-2;1-2/h40-43,50H,11-39H2,1-10H3;1-2H3. The molecule has 0 aromatic rings. The molecule has 3 unspecified atom stereocenters. The van der Waals surface area contributed by atoms with E-state index in [2.05, 4.69) is 67.2 Å². The number of aliphatic hydroxyl groups excluding tert-OH is 1. The molecule has 6 heteroatoms. The highest BCUT2D eigenvalue weighted by atomic mass is 16.5. The van der Waals surface area contributed by atoms with Crippen molar-refractivity contribution in [2.24, 2.45) is 22.7 Å². The molecule has 0 bridgehead atoms. The molecular formula is C50H99NO5. The van der Waals surface area contributed by atoms with Crippen LogP contribution in [-0.4, -0.2) is 59.4 Å². The number of carbonyl (C=O) groups is 2. The summed E-state index contributed by atoms with van der Waals surface area (Å²) in [6, 6.07) is 0. The van der Waals surface area contributed by atoms with Crippen molar-refractivity contribution in [2.75, 3.05) is 19.7 Å². The number of rotatable bonds is 33. The summed E-state index contributed by atoms with van der Waals surface area (Å²) in [5.74, 6) is 0.880. The Labute approximate surface area is 350 Å². The van der Waals surface area contributed by atoms with Gasteiger partial charge in [0, 0.05) is 12.0 Å². The Morgan fingerprint density at radius 1 is 0.643 bits per heavy atom. The van der Waals surface area contributed by atoms with Crippen molar-refractivity contribution in [1.29, 1.82) is 0 Å². The van der Waals surface area contributed by atoms with E-state index in [4.69, 9.17) is 9.47 Å². The normalized spacial score (nSPS) is 16.2. The first-order valence-electron chi connectivity index (χ1n) is 24.4. The molecule has 3 atom stereocenters. The molecule has 0 aromatic carbocycles. The summed E-state index contributed by atoms with van der Waals surface area (Å²) in [6.07, 6.45) is 29.4. The molecule has 0 amide bonds. The van der Waals surface area contributed by atoms with Gasteiger partial charge in [0.05, 0.1) is 18.1 Å². The van der Waals surface area contributed by atoms with E-state index >= 15 is 0 Å². The number of nitrogens with zero attached hydrogens (tertiary/aromatic N) is 1. The van der Waals surface area contributed by atoms with Crippen molar-refractivity contribution in [3.05, 3.63) is 0 Å². The summed E-state index contributed by atoms with van der Waals surface area (Å²) < 4.78 is 12.1. The molecule has 1 heterocycles. The molecular weight excluding hydrogens is 695 g/mol. The molecule has 1 saturated heterocycles. The number of esters is 2. The number of aliphatic hydroxyl groups is 1. The van der Waals surface area contributed by atoms with E-state index in [1.807, 2.05) is 20.8 Å². The largest absolute Gasteiger partial charge is 0.466 e. The van der Waals surface area contributed by atoms with Crippen molar-refractivity contribution >= 4 is 11.9 Å². The van der Waals surface area contributed by atoms with Gasteiger partial charge in [-0.2, -0.15) is 0 Å². The summed E-state index contributed by atoms with van der Waals surface area (Å²) in [5, 5.41) is 10.4. The third kappa shape index (κ3) is 21.7. The van der Waals surface area contributed by atoms with Crippen LogP contribution in [0.5, 0.6) is 0 Å². The molecule has 1 rings (SSSR count). The SMILES string of the molecule is CC.CCCCCCCCCC(CCCCCCCCOC(=O)CC(CCCC)CCCCCC)OC(=O)C(C)(C)C(C)(C)C1CCN(C(C)(C)C(C)O)CC1. The van der Waals surface area contributed by atoms with Gasteiger partial charge < -0.3 is 14.6 Å². The number of hydrogen-bond donors (Lipinski definition) is 1. The lowest BCUT2D eigenvalue weighted by atomic mass is 9.58. The molecule has 334 valence electrons. The smallest absolute Gasteiger partial charge is 0.312 e. The Kier molecular flexibility index (Phi) is 31.1. The number of hydrogen-bond acceptors (Lipinski definition) is 6. The Hall–Kier alpha value is -1.14. The molecule has 1 fully saturated rings. The third-order valence-electron chi connectivity index (χ3n) is 13.9. The van der Waals surface area contributed by atoms with Crippen molar-refractivity contribution < 1.29 is 24.2 Å². The highest BCUT2D eigenvalue weighted by molar-refractivity contribution is 5.77. The van der Waals surface area contributed by atoms with Gasteiger partial charge >= 0.3 is 11.9 Å². The zero-order chi connectivity index (χ0) is 42.5. The molecule has 0 saturated carbocycles. The Balaban J connectivity index is 0.0000149. The van der Waals surface area contributed by atoms with E-state index in [0.717, 1.165) is 90.1 Å². The van der Waals surface area contributed by atoms with Gasteiger partial charge in [-0.15, -0.1) is 0 Å². The molecule has 1 aliphatic rings. The summed E-state index contributed by atoms with van der Waals surface area (Å²) in [4.78, 5) is 29.0. The zero-order valence-electron chi connectivity index (χ0n) is 39.8. The van der Waals surface area contributed by atoms with E-state index in [1.165, 1.54) is 83.5 Å². The van der Waals surface area contributed by atoms with Crippen LogP contribution >= 0.6 is 0 Å². The highest BCUT2D eigenvalue weighted by Gasteiger charge is 2.50. The van der Waals surface area contributed by atoms with Crippen LogP contribution in [0.4, 0.5) is 0 Å². The fraction of sp³-hybridized carbons (Fsp3) is 0.960. The first kappa shape index (κ1) is 54.9. The van der Waals surface area contributed by atoms with Gasteiger partial charge in [0.25, 0.3) is 0 Å². The molecule has 0 aromatic heterocycles.